The number of hydrogen-bond acceptors (Lipinski definition) is 5. The Morgan fingerprint density at radius 3 is 2.10 bits per heavy atom. The van der Waals surface area contributed by atoms with Gasteiger partial charge in [0.15, 0.2) is 9.84 Å². The summed E-state index contributed by atoms with van der Waals surface area (Å²) in [4.78, 5) is 22.8. The van der Waals surface area contributed by atoms with Gasteiger partial charge in [0, 0.05) is 6.92 Å². The highest BCUT2D eigenvalue weighted by molar-refractivity contribution is 7.91. The van der Waals surface area contributed by atoms with Crippen molar-refractivity contribution in [2.24, 2.45) is 5.92 Å². The van der Waals surface area contributed by atoms with Gasteiger partial charge >= 0.3 is 5.97 Å². The van der Waals surface area contributed by atoms with Crippen molar-refractivity contribution in [1.29, 1.82) is 0 Å². The van der Waals surface area contributed by atoms with Crippen LogP contribution >= 0.6 is 0 Å². The van der Waals surface area contributed by atoms with E-state index in [2.05, 4.69) is 0 Å². The van der Waals surface area contributed by atoms with E-state index in [1.165, 1.54) is 32.9 Å². The number of benzene rings is 1. The number of esters is 1. The van der Waals surface area contributed by atoms with Crippen LogP contribution < -0.4 is 0 Å². The topological polar surface area (TPSA) is 77.5 Å². The first-order chi connectivity index (χ1) is 9.63. The molecule has 0 heterocycles. The normalized spacial score (nSPS) is 14.3. The Morgan fingerprint density at radius 1 is 1.14 bits per heavy atom. The third-order valence-corrected chi connectivity index (χ3v) is 5.01. The van der Waals surface area contributed by atoms with E-state index in [0.717, 1.165) is 5.56 Å². The predicted octanol–water partition coefficient (Wildman–Crippen LogP) is 1.93. The molecule has 5 nitrogen and oxygen atoms in total. The number of carbonyl (C=O) groups excluding carboxylic acids is 2. The first-order valence-electron chi connectivity index (χ1n) is 6.60. The van der Waals surface area contributed by atoms with Crippen LogP contribution in [0, 0.1) is 12.8 Å². The molecule has 0 aromatic heterocycles. The van der Waals surface area contributed by atoms with Crippen LogP contribution in [0.25, 0.3) is 0 Å². The molecular weight excluding hydrogens is 292 g/mol. The van der Waals surface area contributed by atoms with Gasteiger partial charge in [0.1, 0.15) is 11.9 Å². The highest BCUT2D eigenvalue weighted by Gasteiger charge is 2.30. The molecule has 0 unspecified atom stereocenters. The monoisotopic (exact) mass is 312 g/mol. The van der Waals surface area contributed by atoms with Crippen molar-refractivity contribution in [3.63, 3.8) is 0 Å². The third kappa shape index (κ3) is 4.97. The average Bonchev–Trinajstić information content (AvgIpc) is 2.35. The first-order valence-corrected chi connectivity index (χ1v) is 8.26. The molecule has 0 aliphatic carbocycles. The molecule has 6 heteroatoms. The molecule has 0 fully saturated rings. The minimum absolute atomic E-state index is 0.161. The van der Waals surface area contributed by atoms with Gasteiger partial charge in [0.2, 0.25) is 0 Å². The second-order valence-corrected chi connectivity index (χ2v) is 7.16. The molecule has 2 atom stereocenters. The lowest BCUT2D eigenvalue weighted by Crippen LogP contribution is -2.34. The molecular formula is C15H20O5S. The van der Waals surface area contributed by atoms with E-state index in [-0.39, 0.29) is 16.4 Å². The number of carbonyl (C=O) groups is 2. The van der Waals surface area contributed by atoms with Crippen LogP contribution in [0.3, 0.4) is 0 Å². The van der Waals surface area contributed by atoms with E-state index >= 15 is 0 Å². The second kappa shape index (κ2) is 6.85. The third-order valence-electron chi connectivity index (χ3n) is 3.22. The Balaban J connectivity index is 2.99. The van der Waals surface area contributed by atoms with Crippen molar-refractivity contribution in [2.75, 3.05) is 5.75 Å². The Kier molecular flexibility index (Phi) is 5.66. The van der Waals surface area contributed by atoms with Gasteiger partial charge in [0.25, 0.3) is 0 Å². The van der Waals surface area contributed by atoms with Gasteiger partial charge in [0.05, 0.1) is 16.6 Å². The highest BCUT2D eigenvalue weighted by atomic mass is 32.2. The molecule has 0 bridgehead atoms. The van der Waals surface area contributed by atoms with E-state index < -0.39 is 27.8 Å². The summed E-state index contributed by atoms with van der Waals surface area (Å²) in [6, 6.07) is 6.42. The van der Waals surface area contributed by atoms with Gasteiger partial charge < -0.3 is 4.74 Å². The smallest absolute Gasteiger partial charge is 0.302 e. The number of ketones is 1. The molecule has 1 aromatic carbocycles. The van der Waals surface area contributed by atoms with E-state index in [4.69, 9.17) is 4.74 Å². The van der Waals surface area contributed by atoms with Gasteiger partial charge in [-0.25, -0.2) is 8.42 Å². The van der Waals surface area contributed by atoms with Gasteiger partial charge in [-0.05, 0) is 32.9 Å². The molecule has 1 aromatic rings. The van der Waals surface area contributed by atoms with E-state index in [1.807, 2.05) is 6.92 Å². The number of ether oxygens (including phenoxy) is 1. The zero-order chi connectivity index (χ0) is 16.2. The summed E-state index contributed by atoms with van der Waals surface area (Å²) in [5, 5.41) is 0. The minimum Gasteiger partial charge on any atom is -0.462 e. The lowest BCUT2D eigenvalue weighted by Gasteiger charge is -2.21. The summed E-state index contributed by atoms with van der Waals surface area (Å²) >= 11 is 0. The Hall–Kier alpha value is -1.69. The van der Waals surface area contributed by atoms with Crippen LogP contribution in [0.4, 0.5) is 0 Å². The molecule has 0 spiro atoms. The minimum atomic E-state index is -3.61. The van der Waals surface area contributed by atoms with Gasteiger partial charge in [-0.3, -0.25) is 9.59 Å². The number of hydrogen-bond donors (Lipinski definition) is 0. The molecule has 0 N–H and O–H groups in total. The summed E-state index contributed by atoms with van der Waals surface area (Å²) in [5.74, 6) is -2.11. The van der Waals surface area contributed by atoms with Crippen molar-refractivity contribution in [3.8, 4) is 0 Å². The van der Waals surface area contributed by atoms with Crippen molar-refractivity contribution in [1.82, 2.24) is 0 Å². The summed E-state index contributed by atoms with van der Waals surface area (Å²) in [7, 11) is -3.61. The largest absolute Gasteiger partial charge is 0.462 e. The predicted molar refractivity (Wildman–Crippen MR) is 78.6 cm³/mol. The van der Waals surface area contributed by atoms with Crippen LogP contribution in [0.15, 0.2) is 29.2 Å². The molecule has 116 valence electrons. The lowest BCUT2D eigenvalue weighted by atomic mass is 10.0. The first kappa shape index (κ1) is 17.4. The van der Waals surface area contributed by atoms with Crippen LogP contribution in [0.5, 0.6) is 0 Å². The molecule has 21 heavy (non-hydrogen) atoms. The van der Waals surface area contributed by atoms with E-state index in [9.17, 15) is 18.0 Å². The summed E-state index contributed by atoms with van der Waals surface area (Å²) in [5.41, 5.74) is 0.949. The summed E-state index contributed by atoms with van der Waals surface area (Å²) in [6.07, 6.45) is -0.778. The van der Waals surface area contributed by atoms with Crippen LogP contribution in [0.2, 0.25) is 0 Å². The zero-order valence-corrected chi connectivity index (χ0v) is 13.4. The van der Waals surface area contributed by atoms with E-state index in [1.54, 1.807) is 12.1 Å². The van der Waals surface area contributed by atoms with Crippen LogP contribution in [-0.2, 0) is 24.2 Å². The Bertz CT molecular complexity index is 616. The molecule has 0 aliphatic heterocycles. The standard InChI is InChI=1S/C15H20O5S/c1-10-5-7-14(8-6-10)21(18,19)9-15(11(2)16)12(3)20-13(4)17/h5-8,12,15H,9H2,1-4H3/t12-,15+/m0/s1. The fourth-order valence-electron chi connectivity index (χ4n) is 2.01. The zero-order valence-electron chi connectivity index (χ0n) is 12.6. The van der Waals surface area contributed by atoms with Crippen LogP contribution in [-0.4, -0.2) is 32.0 Å². The quantitative estimate of drug-likeness (QED) is 0.750. The Labute approximate surface area is 125 Å². The van der Waals surface area contributed by atoms with Gasteiger partial charge in [-0.1, -0.05) is 17.7 Å². The van der Waals surface area contributed by atoms with Crippen molar-refractivity contribution in [2.45, 2.75) is 38.7 Å². The maximum absolute atomic E-state index is 12.4. The fourth-order valence-corrected chi connectivity index (χ4v) is 3.73. The fraction of sp³-hybridized carbons (Fsp3) is 0.467. The second-order valence-electron chi connectivity index (χ2n) is 5.13. The number of rotatable bonds is 6. The van der Waals surface area contributed by atoms with Crippen molar-refractivity contribution < 1.29 is 22.7 Å². The number of Topliss-reactive ketones (excluding diaryl/α,β-unsaturated/α-hetero) is 1. The van der Waals surface area contributed by atoms with Crippen molar-refractivity contribution >= 4 is 21.6 Å². The molecule has 1 rings (SSSR count). The van der Waals surface area contributed by atoms with Gasteiger partial charge in [-0.2, -0.15) is 0 Å². The molecule has 0 saturated heterocycles. The maximum Gasteiger partial charge on any atom is 0.302 e. The molecule has 0 saturated carbocycles. The van der Waals surface area contributed by atoms with E-state index in [0.29, 0.717) is 0 Å². The van der Waals surface area contributed by atoms with Crippen molar-refractivity contribution in [3.05, 3.63) is 29.8 Å². The molecule has 0 aliphatic rings. The molecule has 0 amide bonds. The maximum atomic E-state index is 12.4. The Morgan fingerprint density at radius 2 is 1.67 bits per heavy atom. The number of sulfone groups is 1. The number of aryl methyl sites for hydroxylation is 1. The average molecular weight is 312 g/mol. The van der Waals surface area contributed by atoms with Gasteiger partial charge in [-0.15, -0.1) is 0 Å². The van der Waals surface area contributed by atoms with Crippen LogP contribution in [0.1, 0.15) is 26.3 Å². The SMILES string of the molecule is CC(=O)O[C@@H](C)[C@H](CS(=O)(=O)c1ccc(C)cc1)C(C)=O. The summed E-state index contributed by atoms with van der Waals surface area (Å²) in [6.45, 7) is 5.91. The lowest BCUT2D eigenvalue weighted by molar-refractivity contribution is -0.149. The molecule has 0 radical (unpaired) electrons. The highest BCUT2D eigenvalue weighted by Crippen LogP contribution is 2.19. The summed E-state index contributed by atoms with van der Waals surface area (Å²) < 4.78 is 29.7.